The molecule has 0 radical (unpaired) electrons. The Morgan fingerprint density at radius 1 is 1.08 bits per heavy atom. The molecular weight excluding hydrogens is 319 g/mol. The maximum Gasteiger partial charge on any atom is 0.137 e. The van der Waals surface area contributed by atoms with Gasteiger partial charge in [0.2, 0.25) is 0 Å². The summed E-state index contributed by atoms with van der Waals surface area (Å²) in [7, 11) is 0. The summed E-state index contributed by atoms with van der Waals surface area (Å²) in [5.74, 6) is 0.195. The van der Waals surface area contributed by atoms with Crippen molar-refractivity contribution in [3.8, 4) is 6.07 Å². The van der Waals surface area contributed by atoms with E-state index >= 15 is 0 Å². The maximum atomic E-state index is 13.3. The summed E-state index contributed by atoms with van der Waals surface area (Å²) in [5, 5.41) is 25.9. The molecule has 2 unspecified atom stereocenters. The standard InChI is InChI=1S/C19H17FN4O/c20-16-7-5-15(6-8-16)18(14-3-1-13(11-21)2-4-14)9-17(25)10-19-22-12-23-24-19/h1-8,12,17-18,25H,9-10H2,(H,22,23,24). The van der Waals surface area contributed by atoms with Crippen molar-refractivity contribution < 1.29 is 9.50 Å². The predicted octanol–water partition coefficient (Wildman–Crippen LogP) is 2.94. The first-order chi connectivity index (χ1) is 12.2. The third-order valence-electron chi connectivity index (χ3n) is 4.12. The molecule has 1 aromatic heterocycles. The Labute approximate surface area is 144 Å². The third-order valence-corrected chi connectivity index (χ3v) is 4.12. The third kappa shape index (κ3) is 4.28. The quantitative estimate of drug-likeness (QED) is 0.725. The van der Waals surface area contributed by atoms with Gasteiger partial charge in [0.25, 0.3) is 0 Å². The van der Waals surface area contributed by atoms with Gasteiger partial charge in [-0.3, -0.25) is 5.10 Å². The lowest BCUT2D eigenvalue weighted by Crippen LogP contribution is -2.17. The van der Waals surface area contributed by atoms with Gasteiger partial charge in [0, 0.05) is 12.3 Å². The minimum Gasteiger partial charge on any atom is -0.393 e. The number of aliphatic hydroxyl groups is 1. The first-order valence-electron chi connectivity index (χ1n) is 7.93. The molecule has 0 aliphatic rings. The molecule has 0 spiro atoms. The molecule has 1 heterocycles. The minimum absolute atomic E-state index is 0.119. The summed E-state index contributed by atoms with van der Waals surface area (Å²) in [6.07, 6.45) is 1.56. The van der Waals surface area contributed by atoms with Crippen molar-refractivity contribution in [1.82, 2.24) is 15.2 Å². The van der Waals surface area contributed by atoms with E-state index in [1.807, 2.05) is 12.1 Å². The summed E-state index contributed by atoms with van der Waals surface area (Å²) >= 11 is 0. The molecule has 0 bridgehead atoms. The van der Waals surface area contributed by atoms with Crippen molar-refractivity contribution in [2.24, 2.45) is 0 Å². The van der Waals surface area contributed by atoms with Crippen molar-refractivity contribution in [2.75, 3.05) is 0 Å². The molecule has 25 heavy (non-hydrogen) atoms. The van der Waals surface area contributed by atoms with Crippen LogP contribution in [0.2, 0.25) is 0 Å². The van der Waals surface area contributed by atoms with Crippen molar-refractivity contribution in [1.29, 1.82) is 5.26 Å². The highest BCUT2D eigenvalue weighted by molar-refractivity contribution is 5.37. The number of nitrogens with zero attached hydrogens (tertiary/aromatic N) is 3. The number of aromatic nitrogens is 3. The first-order valence-corrected chi connectivity index (χ1v) is 7.93. The van der Waals surface area contributed by atoms with Crippen LogP contribution in [0, 0.1) is 17.1 Å². The zero-order valence-corrected chi connectivity index (χ0v) is 13.4. The Balaban J connectivity index is 1.85. The molecule has 5 nitrogen and oxygen atoms in total. The molecule has 0 fully saturated rings. The van der Waals surface area contributed by atoms with Crippen LogP contribution in [0.3, 0.4) is 0 Å². The lowest BCUT2D eigenvalue weighted by atomic mass is 9.85. The number of halogens is 1. The fourth-order valence-electron chi connectivity index (χ4n) is 2.86. The van der Waals surface area contributed by atoms with Gasteiger partial charge in [0.05, 0.1) is 17.7 Å². The van der Waals surface area contributed by atoms with E-state index in [-0.39, 0.29) is 11.7 Å². The predicted molar refractivity (Wildman–Crippen MR) is 90.1 cm³/mol. The summed E-state index contributed by atoms with van der Waals surface area (Å²) in [5.41, 5.74) is 2.44. The largest absolute Gasteiger partial charge is 0.393 e. The van der Waals surface area contributed by atoms with Crippen LogP contribution in [0.1, 0.15) is 34.9 Å². The van der Waals surface area contributed by atoms with Gasteiger partial charge in [-0.05, 0) is 41.8 Å². The minimum atomic E-state index is -0.640. The summed E-state index contributed by atoms with van der Waals surface area (Å²) in [4.78, 5) is 4.03. The number of aromatic amines is 1. The Morgan fingerprint density at radius 2 is 1.72 bits per heavy atom. The van der Waals surface area contributed by atoms with Gasteiger partial charge in [-0.25, -0.2) is 9.37 Å². The fraction of sp³-hybridized carbons (Fsp3) is 0.211. The number of nitriles is 1. The molecule has 3 rings (SSSR count). The van der Waals surface area contributed by atoms with Crippen LogP contribution >= 0.6 is 0 Å². The van der Waals surface area contributed by atoms with Gasteiger partial charge in [0.1, 0.15) is 18.0 Å². The molecule has 0 amide bonds. The average molecular weight is 336 g/mol. The molecular formula is C19H17FN4O. The number of hydrogen-bond acceptors (Lipinski definition) is 4. The number of aliphatic hydroxyl groups excluding tert-OH is 1. The van der Waals surface area contributed by atoms with E-state index in [0.29, 0.717) is 24.2 Å². The van der Waals surface area contributed by atoms with Gasteiger partial charge < -0.3 is 5.11 Å². The Kier molecular flexibility index (Phi) is 5.17. The first kappa shape index (κ1) is 16.8. The summed E-state index contributed by atoms with van der Waals surface area (Å²) in [6.45, 7) is 0. The van der Waals surface area contributed by atoms with E-state index in [0.717, 1.165) is 11.1 Å². The van der Waals surface area contributed by atoms with E-state index in [1.54, 1.807) is 24.3 Å². The smallest absolute Gasteiger partial charge is 0.137 e. The lowest BCUT2D eigenvalue weighted by molar-refractivity contribution is 0.157. The molecule has 3 aromatic rings. The second kappa shape index (κ2) is 7.69. The Bertz CT molecular complexity index is 839. The highest BCUT2D eigenvalue weighted by Gasteiger charge is 2.20. The van der Waals surface area contributed by atoms with E-state index in [2.05, 4.69) is 21.3 Å². The number of hydrogen-bond donors (Lipinski definition) is 2. The molecule has 0 saturated carbocycles. The van der Waals surface area contributed by atoms with E-state index < -0.39 is 6.10 Å². The van der Waals surface area contributed by atoms with Crippen molar-refractivity contribution in [3.63, 3.8) is 0 Å². The van der Waals surface area contributed by atoms with Crippen LogP contribution in [0.25, 0.3) is 0 Å². The topological polar surface area (TPSA) is 85.6 Å². The molecule has 0 saturated heterocycles. The molecule has 2 N–H and O–H groups in total. The maximum absolute atomic E-state index is 13.3. The number of rotatable bonds is 6. The average Bonchev–Trinajstić information content (AvgIpc) is 3.14. The molecule has 2 atom stereocenters. The molecule has 2 aromatic carbocycles. The molecule has 6 heteroatoms. The fourth-order valence-corrected chi connectivity index (χ4v) is 2.86. The zero-order valence-electron chi connectivity index (χ0n) is 13.4. The van der Waals surface area contributed by atoms with Crippen molar-refractivity contribution in [2.45, 2.75) is 24.9 Å². The van der Waals surface area contributed by atoms with Crippen LogP contribution in [-0.2, 0) is 6.42 Å². The SMILES string of the molecule is N#Cc1ccc(C(CC(O)Cc2ncn[nH]2)c2ccc(F)cc2)cc1. The number of benzene rings is 2. The van der Waals surface area contributed by atoms with Crippen LogP contribution in [0.4, 0.5) is 4.39 Å². The molecule has 0 aliphatic carbocycles. The van der Waals surface area contributed by atoms with Crippen molar-refractivity contribution >= 4 is 0 Å². The van der Waals surface area contributed by atoms with Gasteiger partial charge in [-0.2, -0.15) is 10.4 Å². The summed E-state index contributed by atoms with van der Waals surface area (Å²) < 4.78 is 13.3. The zero-order chi connectivity index (χ0) is 17.6. The number of nitrogens with one attached hydrogen (secondary N) is 1. The van der Waals surface area contributed by atoms with Gasteiger partial charge in [-0.15, -0.1) is 0 Å². The Hall–Kier alpha value is -3.04. The van der Waals surface area contributed by atoms with E-state index in [1.165, 1.54) is 18.5 Å². The van der Waals surface area contributed by atoms with Gasteiger partial charge in [-0.1, -0.05) is 24.3 Å². The monoisotopic (exact) mass is 336 g/mol. The highest BCUT2D eigenvalue weighted by Crippen LogP contribution is 2.30. The van der Waals surface area contributed by atoms with E-state index in [9.17, 15) is 9.50 Å². The van der Waals surface area contributed by atoms with Gasteiger partial charge >= 0.3 is 0 Å². The van der Waals surface area contributed by atoms with Crippen LogP contribution in [0.15, 0.2) is 54.9 Å². The lowest BCUT2D eigenvalue weighted by Gasteiger charge is -2.21. The normalized spacial score (nSPS) is 13.2. The van der Waals surface area contributed by atoms with Crippen LogP contribution < -0.4 is 0 Å². The summed E-state index contributed by atoms with van der Waals surface area (Å²) in [6, 6.07) is 15.6. The second-order valence-corrected chi connectivity index (χ2v) is 5.86. The molecule has 0 aliphatic heterocycles. The van der Waals surface area contributed by atoms with Crippen LogP contribution in [0.5, 0.6) is 0 Å². The van der Waals surface area contributed by atoms with Crippen molar-refractivity contribution in [3.05, 3.63) is 83.2 Å². The highest BCUT2D eigenvalue weighted by atomic mass is 19.1. The Morgan fingerprint density at radius 3 is 2.28 bits per heavy atom. The van der Waals surface area contributed by atoms with E-state index in [4.69, 9.17) is 5.26 Å². The van der Waals surface area contributed by atoms with Gasteiger partial charge in [0.15, 0.2) is 0 Å². The molecule has 126 valence electrons. The second-order valence-electron chi connectivity index (χ2n) is 5.86. The van der Waals surface area contributed by atoms with Crippen LogP contribution in [-0.4, -0.2) is 26.4 Å². The number of H-pyrrole nitrogens is 1.